The third kappa shape index (κ3) is 3.89. The first-order valence-electron chi connectivity index (χ1n) is 9.68. The van der Waals surface area contributed by atoms with E-state index < -0.39 is 0 Å². The van der Waals surface area contributed by atoms with Gasteiger partial charge >= 0.3 is 6.03 Å². The fourth-order valence-electron chi connectivity index (χ4n) is 3.72. The number of hydrogen-bond donors (Lipinski definition) is 1. The Morgan fingerprint density at radius 3 is 2.96 bits per heavy atom. The number of fused-ring (bicyclic) bond motifs is 1. The minimum Gasteiger partial charge on any atom is -0.497 e. The molecule has 1 fully saturated rings. The highest BCUT2D eigenvalue weighted by molar-refractivity contribution is 5.94. The van der Waals surface area contributed by atoms with E-state index in [2.05, 4.69) is 22.1 Å². The quantitative estimate of drug-likeness (QED) is 0.880. The second-order valence-electron chi connectivity index (χ2n) is 7.21. The number of nitrogens with one attached hydrogen (secondary N) is 1. The zero-order valence-corrected chi connectivity index (χ0v) is 16.4. The topological polar surface area (TPSA) is 66.9 Å². The highest BCUT2D eigenvalue weighted by Crippen LogP contribution is 2.31. The van der Waals surface area contributed by atoms with Crippen LogP contribution >= 0.6 is 0 Å². The Morgan fingerprint density at radius 2 is 2.21 bits per heavy atom. The number of ether oxygens (including phenoxy) is 2. The third-order valence-corrected chi connectivity index (χ3v) is 5.25. The largest absolute Gasteiger partial charge is 0.497 e. The predicted molar refractivity (Wildman–Crippen MR) is 108 cm³/mol. The highest BCUT2D eigenvalue weighted by atomic mass is 16.5. The lowest BCUT2D eigenvalue weighted by Crippen LogP contribution is -2.41. The van der Waals surface area contributed by atoms with Crippen molar-refractivity contribution in [2.24, 2.45) is 0 Å². The number of anilines is 2. The summed E-state index contributed by atoms with van der Waals surface area (Å²) in [6.45, 7) is 5.63. The second kappa shape index (κ2) is 8.06. The molecule has 148 valence electrons. The molecular formula is C21H26N4O3. The number of methoxy groups -OCH3 is 1. The molecule has 0 saturated carbocycles. The lowest BCUT2D eigenvalue weighted by molar-refractivity contribution is 0.0529. The number of pyridine rings is 1. The minimum atomic E-state index is -0.0880. The monoisotopic (exact) mass is 382 g/mol. The van der Waals surface area contributed by atoms with Crippen molar-refractivity contribution in [1.82, 2.24) is 10.3 Å². The molecule has 0 radical (unpaired) electrons. The van der Waals surface area contributed by atoms with Crippen LogP contribution in [0.3, 0.4) is 0 Å². The fraction of sp³-hybridized carbons (Fsp3) is 0.429. The molecule has 2 aliphatic rings. The Labute approximate surface area is 165 Å². The zero-order chi connectivity index (χ0) is 19.5. The lowest BCUT2D eigenvalue weighted by atomic mass is 10.1. The van der Waals surface area contributed by atoms with E-state index in [1.165, 1.54) is 0 Å². The number of carbonyl (C=O) groups excluding carboxylic acids is 1. The van der Waals surface area contributed by atoms with Crippen LogP contribution in [0.5, 0.6) is 5.75 Å². The molecule has 1 aromatic heterocycles. The van der Waals surface area contributed by atoms with Gasteiger partial charge in [0.1, 0.15) is 11.6 Å². The molecule has 1 unspecified atom stereocenters. The Balaban J connectivity index is 1.34. The predicted octanol–water partition coefficient (Wildman–Crippen LogP) is 2.59. The van der Waals surface area contributed by atoms with E-state index in [0.717, 1.165) is 54.5 Å². The van der Waals surface area contributed by atoms with Gasteiger partial charge in [-0.05, 0) is 48.7 Å². The van der Waals surface area contributed by atoms with Gasteiger partial charge < -0.3 is 19.7 Å². The van der Waals surface area contributed by atoms with Crippen molar-refractivity contribution in [1.29, 1.82) is 0 Å². The van der Waals surface area contributed by atoms with Crippen LogP contribution in [0.25, 0.3) is 0 Å². The number of urea groups is 1. The molecule has 7 heteroatoms. The number of hydrogen-bond acceptors (Lipinski definition) is 5. The average Bonchev–Trinajstić information content (AvgIpc) is 3.15. The van der Waals surface area contributed by atoms with E-state index in [0.29, 0.717) is 13.1 Å². The van der Waals surface area contributed by atoms with Gasteiger partial charge in [-0.2, -0.15) is 0 Å². The summed E-state index contributed by atoms with van der Waals surface area (Å²) in [6, 6.07) is 9.77. The molecule has 7 nitrogen and oxygen atoms in total. The highest BCUT2D eigenvalue weighted by Gasteiger charge is 2.25. The fourth-order valence-corrected chi connectivity index (χ4v) is 3.72. The first kappa shape index (κ1) is 18.6. The third-order valence-electron chi connectivity index (χ3n) is 5.25. The Hall–Kier alpha value is -2.80. The maximum Gasteiger partial charge on any atom is 0.322 e. The van der Waals surface area contributed by atoms with Crippen molar-refractivity contribution >= 4 is 17.5 Å². The van der Waals surface area contributed by atoms with Gasteiger partial charge in [-0.15, -0.1) is 0 Å². The van der Waals surface area contributed by atoms with Crippen LogP contribution in [0.15, 0.2) is 36.5 Å². The summed E-state index contributed by atoms with van der Waals surface area (Å²) in [6.07, 6.45) is 2.89. The van der Waals surface area contributed by atoms with Gasteiger partial charge in [0.2, 0.25) is 0 Å². The van der Waals surface area contributed by atoms with Crippen LogP contribution in [0.4, 0.5) is 16.3 Å². The van der Waals surface area contributed by atoms with E-state index in [4.69, 9.17) is 9.47 Å². The Bertz CT molecular complexity index is 840. The first-order chi connectivity index (χ1) is 13.6. The molecule has 2 amide bonds. The van der Waals surface area contributed by atoms with Gasteiger partial charge in [0.05, 0.1) is 19.8 Å². The SMILES string of the molecule is COc1ccc2c(c1)CCN2C(=O)NCc1ccc(N2CCOC(C)C2)nc1. The molecule has 0 bridgehead atoms. The number of amides is 2. The molecule has 2 aliphatic heterocycles. The van der Waals surface area contributed by atoms with E-state index in [9.17, 15) is 4.79 Å². The summed E-state index contributed by atoms with van der Waals surface area (Å²) < 4.78 is 10.8. The van der Waals surface area contributed by atoms with Gasteiger partial charge in [-0.3, -0.25) is 4.90 Å². The van der Waals surface area contributed by atoms with Gasteiger partial charge in [-0.25, -0.2) is 9.78 Å². The Morgan fingerprint density at radius 1 is 1.32 bits per heavy atom. The van der Waals surface area contributed by atoms with Crippen LogP contribution in [-0.4, -0.2) is 50.5 Å². The molecule has 3 heterocycles. The van der Waals surface area contributed by atoms with Crippen molar-refractivity contribution in [3.8, 4) is 5.75 Å². The summed E-state index contributed by atoms with van der Waals surface area (Å²) >= 11 is 0. The van der Waals surface area contributed by atoms with Crippen molar-refractivity contribution in [2.75, 3.05) is 43.2 Å². The van der Waals surface area contributed by atoms with Gasteiger partial charge in [0.15, 0.2) is 0 Å². The van der Waals surface area contributed by atoms with Crippen LogP contribution in [-0.2, 0) is 17.7 Å². The van der Waals surface area contributed by atoms with Crippen molar-refractivity contribution in [3.63, 3.8) is 0 Å². The molecule has 28 heavy (non-hydrogen) atoms. The van der Waals surface area contributed by atoms with E-state index >= 15 is 0 Å². The Kier molecular flexibility index (Phi) is 5.34. The number of nitrogens with zero attached hydrogens (tertiary/aromatic N) is 3. The summed E-state index contributed by atoms with van der Waals surface area (Å²) in [5.74, 6) is 1.77. The molecule has 4 rings (SSSR count). The molecule has 1 aromatic carbocycles. The minimum absolute atomic E-state index is 0.0880. The number of aromatic nitrogens is 1. The maximum absolute atomic E-state index is 12.6. The van der Waals surface area contributed by atoms with Gasteiger partial charge in [0.25, 0.3) is 0 Å². The number of rotatable bonds is 4. The summed E-state index contributed by atoms with van der Waals surface area (Å²) in [5, 5.41) is 3.00. The normalized spacial score (nSPS) is 18.7. The van der Waals surface area contributed by atoms with Crippen molar-refractivity contribution in [2.45, 2.75) is 26.0 Å². The molecular weight excluding hydrogens is 356 g/mol. The first-order valence-corrected chi connectivity index (χ1v) is 9.68. The van der Waals surface area contributed by atoms with E-state index in [-0.39, 0.29) is 12.1 Å². The van der Waals surface area contributed by atoms with E-state index in [1.54, 1.807) is 12.0 Å². The van der Waals surface area contributed by atoms with Gasteiger partial charge in [-0.1, -0.05) is 6.07 Å². The summed E-state index contributed by atoms with van der Waals surface area (Å²) in [4.78, 5) is 21.2. The second-order valence-corrected chi connectivity index (χ2v) is 7.21. The smallest absolute Gasteiger partial charge is 0.322 e. The molecule has 2 aromatic rings. The van der Waals surface area contributed by atoms with Crippen molar-refractivity contribution in [3.05, 3.63) is 47.7 Å². The number of morpholine rings is 1. The molecule has 1 N–H and O–H groups in total. The van der Waals surface area contributed by atoms with Crippen molar-refractivity contribution < 1.29 is 14.3 Å². The molecule has 0 aliphatic carbocycles. The standard InChI is InChI=1S/C21H26N4O3/c1-15-14-24(9-10-28-15)20-6-3-16(12-22-20)13-23-21(26)25-8-7-17-11-18(27-2)4-5-19(17)25/h3-6,11-12,15H,7-10,13-14H2,1-2H3,(H,23,26). The number of benzene rings is 1. The summed E-state index contributed by atoms with van der Waals surface area (Å²) in [7, 11) is 1.65. The zero-order valence-electron chi connectivity index (χ0n) is 16.4. The van der Waals surface area contributed by atoms with Crippen LogP contribution in [0.1, 0.15) is 18.1 Å². The lowest BCUT2D eigenvalue weighted by Gasteiger charge is -2.32. The van der Waals surface area contributed by atoms with Gasteiger partial charge in [0, 0.05) is 38.1 Å². The van der Waals surface area contributed by atoms with Crippen LogP contribution in [0.2, 0.25) is 0 Å². The average molecular weight is 382 g/mol. The van der Waals surface area contributed by atoms with E-state index in [1.807, 2.05) is 36.5 Å². The molecule has 1 atom stereocenters. The molecule has 0 spiro atoms. The molecule has 1 saturated heterocycles. The van der Waals surface area contributed by atoms with Crippen LogP contribution < -0.4 is 19.9 Å². The van der Waals surface area contributed by atoms with Crippen LogP contribution in [0, 0.1) is 0 Å². The summed E-state index contributed by atoms with van der Waals surface area (Å²) in [5.41, 5.74) is 3.07. The maximum atomic E-state index is 12.6. The number of carbonyl (C=O) groups is 1.